The van der Waals surface area contributed by atoms with Crippen LogP contribution < -0.4 is 10.5 Å². The van der Waals surface area contributed by atoms with Gasteiger partial charge in [0.1, 0.15) is 9.88 Å². The standard InChI is InChI=1S/C11H15ClN2O3S2/c1-17-6-2-5-14-19(15,16)10-7-8(11(13)18)3-4-9(10)12/h3-4,7,14H,2,5-6H2,1H3,(H2,13,18). The fourth-order valence-corrected chi connectivity index (χ4v) is 3.09. The van der Waals surface area contributed by atoms with Crippen molar-refractivity contribution in [1.82, 2.24) is 4.72 Å². The third-order valence-corrected chi connectivity index (χ3v) is 4.50. The van der Waals surface area contributed by atoms with Crippen molar-refractivity contribution in [3.05, 3.63) is 28.8 Å². The van der Waals surface area contributed by atoms with Gasteiger partial charge >= 0.3 is 0 Å². The van der Waals surface area contributed by atoms with Crippen LogP contribution in [0.25, 0.3) is 0 Å². The predicted molar refractivity (Wildman–Crippen MR) is 79.0 cm³/mol. The van der Waals surface area contributed by atoms with Crippen molar-refractivity contribution in [2.45, 2.75) is 11.3 Å². The van der Waals surface area contributed by atoms with E-state index in [0.29, 0.717) is 18.6 Å². The molecule has 8 heteroatoms. The zero-order valence-electron chi connectivity index (χ0n) is 10.3. The molecule has 19 heavy (non-hydrogen) atoms. The molecule has 106 valence electrons. The molecule has 0 radical (unpaired) electrons. The van der Waals surface area contributed by atoms with E-state index in [2.05, 4.69) is 4.72 Å². The number of hydrogen-bond acceptors (Lipinski definition) is 4. The van der Waals surface area contributed by atoms with Gasteiger partial charge in [0.15, 0.2) is 0 Å². The fourth-order valence-electron chi connectivity index (χ4n) is 1.36. The van der Waals surface area contributed by atoms with Crippen LogP contribution in [0, 0.1) is 0 Å². The van der Waals surface area contributed by atoms with E-state index in [1.807, 2.05) is 0 Å². The van der Waals surface area contributed by atoms with Crippen LogP contribution in [-0.4, -0.2) is 33.7 Å². The quantitative estimate of drug-likeness (QED) is 0.584. The molecule has 0 amide bonds. The SMILES string of the molecule is COCCCNS(=O)(=O)c1cc(C(N)=S)ccc1Cl. The lowest BCUT2D eigenvalue weighted by atomic mass is 10.2. The largest absolute Gasteiger partial charge is 0.389 e. The van der Waals surface area contributed by atoms with Crippen molar-refractivity contribution in [3.63, 3.8) is 0 Å². The maximum absolute atomic E-state index is 12.1. The number of sulfonamides is 1. The highest BCUT2D eigenvalue weighted by Crippen LogP contribution is 2.22. The van der Waals surface area contributed by atoms with Crippen molar-refractivity contribution >= 4 is 38.8 Å². The Balaban J connectivity index is 2.94. The minimum absolute atomic E-state index is 0.0307. The Morgan fingerprint density at radius 1 is 1.53 bits per heavy atom. The van der Waals surface area contributed by atoms with E-state index >= 15 is 0 Å². The van der Waals surface area contributed by atoms with Crippen molar-refractivity contribution in [1.29, 1.82) is 0 Å². The van der Waals surface area contributed by atoms with Gasteiger partial charge in [0, 0.05) is 25.8 Å². The van der Waals surface area contributed by atoms with Crippen LogP contribution in [0.5, 0.6) is 0 Å². The minimum atomic E-state index is -3.68. The van der Waals surface area contributed by atoms with Crippen LogP contribution in [0.1, 0.15) is 12.0 Å². The summed E-state index contributed by atoms with van der Waals surface area (Å²) in [6.07, 6.45) is 0.572. The van der Waals surface area contributed by atoms with Gasteiger partial charge in [-0.3, -0.25) is 0 Å². The molecule has 0 spiro atoms. The number of nitrogens with two attached hydrogens (primary N) is 1. The number of methoxy groups -OCH3 is 1. The van der Waals surface area contributed by atoms with Gasteiger partial charge in [0.05, 0.1) is 5.02 Å². The number of ether oxygens (including phenoxy) is 1. The number of rotatable bonds is 7. The first-order chi connectivity index (χ1) is 8.88. The van der Waals surface area contributed by atoms with Crippen LogP contribution in [0.3, 0.4) is 0 Å². The molecule has 1 aromatic carbocycles. The van der Waals surface area contributed by atoms with E-state index < -0.39 is 10.0 Å². The first-order valence-electron chi connectivity index (χ1n) is 5.46. The summed E-state index contributed by atoms with van der Waals surface area (Å²) in [4.78, 5) is 0.0874. The molecule has 0 fully saturated rings. The molecule has 0 aliphatic heterocycles. The number of benzene rings is 1. The summed E-state index contributed by atoms with van der Waals surface area (Å²) in [7, 11) is -2.13. The lowest BCUT2D eigenvalue weighted by molar-refractivity contribution is 0.196. The maximum atomic E-state index is 12.1. The Morgan fingerprint density at radius 3 is 2.79 bits per heavy atom. The Kier molecular flexibility index (Phi) is 6.15. The van der Waals surface area contributed by atoms with Crippen LogP contribution in [0.15, 0.2) is 23.1 Å². The Bertz CT molecular complexity index is 561. The van der Waals surface area contributed by atoms with Gasteiger partial charge in [-0.1, -0.05) is 29.9 Å². The number of thiocarbonyl (C=S) groups is 1. The first kappa shape index (κ1) is 16.3. The van der Waals surface area contributed by atoms with E-state index in [-0.39, 0.29) is 21.5 Å². The molecule has 0 unspecified atom stereocenters. The molecule has 3 N–H and O–H groups in total. The lowest BCUT2D eigenvalue weighted by Crippen LogP contribution is -2.26. The highest BCUT2D eigenvalue weighted by Gasteiger charge is 2.18. The topological polar surface area (TPSA) is 81.4 Å². The third kappa shape index (κ3) is 4.70. The van der Waals surface area contributed by atoms with Gasteiger partial charge in [-0.05, 0) is 18.6 Å². The van der Waals surface area contributed by atoms with E-state index in [1.165, 1.54) is 12.1 Å². The average molecular weight is 323 g/mol. The van der Waals surface area contributed by atoms with Gasteiger partial charge in [0.2, 0.25) is 10.0 Å². The van der Waals surface area contributed by atoms with Gasteiger partial charge in [-0.2, -0.15) is 0 Å². The molecule has 0 aromatic heterocycles. The first-order valence-corrected chi connectivity index (χ1v) is 7.73. The summed E-state index contributed by atoms with van der Waals surface area (Å²) in [6.45, 7) is 0.743. The van der Waals surface area contributed by atoms with Crippen molar-refractivity contribution in [3.8, 4) is 0 Å². The summed E-state index contributed by atoms with van der Waals surface area (Å²) in [5.74, 6) is 0. The van der Waals surface area contributed by atoms with Crippen LogP contribution in [0.2, 0.25) is 5.02 Å². The Morgan fingerprint density at radius 2 is 2.21 bits per heavy atom. The van der Waals surface area contributed by atoms with E-state index in [1.54, 1.807) is 13.2 Å². The summed E-state index contributed by atoms with van der Waals surface area (Å²) >= 11 is 10.7. The van der Waals surface area contributed by atoms with Gasteiger partial charge in [-0.25, -0.2) is 13.1 Å². The molecular weight excluding hydrogens is 308 g/mol. The molecule has 0 saturated heterocycles. The molecule has 0 aliphatic carbocycles. The average Bonchev–Trinajstić information content (AvgIpc) is 2.34. The summed E-state index contributed by atoms with van der Waals surface area (Å²) in [6, 6.07) is 4.40. The summed E-state index contributed by atoms with van der Waals surface area (Å²) < 4.78 is 31.4. The number of hydrogen-bond donors (Lipinski definition) is 2. The van der Waals surface area contributed by atoms with Gasteiger partial charge in [-0.15, -0.1) is 0 Å². The second kappa shape index (κ2) is 7.16. The molecule has 0 aliphatic rings. The maximum Gasteiger partial charge on any atom is 0.242 e. The molecule has 5 nitrogen and oxygen atoms in total. The molecule has 1 rings (SSSR count). The van der Waals surface area contributed by atoms with Crippen molar-refractivity contribution in [2.75, 3.05) is 20.3 Å². The number of halogens is 1. The van der Waals surface area contributed by atoms with E-state index in [4.69, 9.17) is 34.3 Å². The van der Waals surface area contributed by atoms with Crippen molar-refractivity contribution in [2.24, 2.45) is 5.73 Å². The highest BCUT2D eigenvalue weighted by molar-refractivity contribution is 7.89. The number of nitrogens with one attached hydrogen (secondary N) is 1. The molecular formula is C11H15ClN2O3S2. The summed E-state index contributed by atoms with van der Waals surface area (Å²) in [5, 5.41) is 0.124. The predicted octanol–water partition coefficient (Wildman–Crippen LogP) is 1.29. The van der Waals surface area contributed by atoms with Crippen LogP contribution >= 0.6 is 23.8 Å². The van der Waals surface area contributed by atoms with Crippen LogP contribution in [0.4, 0.5) is 0 Å². The molecule has 1 aromatic rings. The zero-order chi connectivity index (χ0) is 14.5. The fraction of sp³-hybridized carbons (Fsp3) is 0.364. The van der Waals surface area contributed by atoms with Crippen molar-refractivity contribution < 1.29 is 13.2 Å². The monoisotopic (exact) mass is 322 g/mol. The summed E-state index contributed by atoms with van der Waals surface area (Å²) in [5.41, 5.74) is 5.93. The normalized spacial score (nSPS) is 11.5. The Hall–Kier alpha value is -0.730. The van der Waals surface area contributed by atoms with Crippen LogP contribution in [-0.2, 0) is 14.8 Å². The second-order valence-electron chi connectivity index (χ2n) is 3.75. The Labute approximate surface area is 123 Å². The van der Waals surface area contributed by atoms with Gasteiger partial charge < -0.3 is 10.5 Å². The smallest absolute Gasteiger partial charge is 0.242 e. The molecule has 0 bridgehead atoms. The third-order valence-electron chi connectivity index (χ3n) is 2.32. The molecule has 0 atom stereocenters. The van der Waals surface area contributed by atoms with Gasteiger partial charge in [0.25, 0.3) is 0 Å². The minimum Gasteiger partial charge on any atom is -0.389 e. The lowest BCUT2D eigenvalue weighted by Gasteiger charge is -2.09. The van der Waals surface area contributed by atoms with E-state index in [9.17, 15) is 8.42 Å². The van der Waals surface area contributed by atoms with E-state index in [0.717, 1.165) is 0 Å². The molecule has 0 heterocycles. The zero-order valence-corrected chi connectivity index (χ0v) is 12.7. The molecule has 0 saturated carbocycles. The highest BCUT2D eigenvalue weighted by atomic mass is 35.5. The second-order valence-corrected chi connectivity index (χ2v) is 6.34.